The maximum absolute atomic E-state index is 12.1. The van der Waals surface area contributed by atoms with Crippen LogP contribution in [-0.2, 0) is 9.53 Å². The van der Waals surface area contributed by atoms with Crippen molar-refractivity contribution in [2.75, 3.05) is 13.7 Å². The van der Waals surface area contributed by atoms with Gasteiger partial charge < -0.3 is 31.6 Å². The quantitative estimate of drug-likeness (QED) is 0.328. The molecule has 1 aliphatic rings. The van der Waals surface area contributed by atoms with Gasteiger partial charge in [0.1, 0.15) is 11.9 Å². The number of rotatable bonds is 7. The summed E-state index contributed by atoms with van der Waals surface area (Å²) in [5.41, 5.74) is 6.42. The number of carbonyl (C=O) groups excluding carboxylic acids is 1. The van der Waals surface area contributed by atoms with Gasteiger partial charge in [-0.1, -0.05) is 13.3 Å². The number of likely N-dealkylation sites (N-methyl/N-ethyl adjacent to an activating group) is 1. The molecule has 2 unspecified atom stereocenters. The van der Waals surface area contributed by atoms with Gasteiger partial charge in [0.05, 0.1) is 24.1 Å². The summed E-state index contributed by atoms with van der Waals surface area (Å²) in [5, 5.41) is 22.2. The molecule has 0 aromatic heterocycles. The zero-order chi connectivity index (χ0) is 15.1. The van der Waals surface area contributed by atoms with Crippen molar-refractivity contribution >= 4 is 11.6 Å². The van der Waals surface area contributed by atoms with E-state index in [0.717, 1.165) is 6.42 Å². The molecule has 0 aliphatic carbocycles. The molecule has 1 heterocycles. The van der Waals surface area contributed by atoms with Crippen molar-refractivity contribution in [3.8, 4) is 0 Å². The molecule has 7 nitrogen and oxygen atoms in total. The topological polar surface area (TPSA) is 120 Å². The molecule has 1 aliphatic heterocycles. The molecular weight excluding hydrogens is 260 g/mol. The Kier molecular flexibility index (Phi) is 6.47. The lowest BCUT2D eigenvalue weighted by Gasteiger charge is -2.17. The fourth-order valence-corrected chi connectivity index (χ4v) is 2.07. The number of ether oxygens (including phenoxy) is 1. The van der Waals surface area contributed by atoms with Gasteiger partial charge in [0.2, 0.25) is 0 Å². The normalized spacial score (nSPS) is 23.1. The van der Waals surface area contributed by atoms with Gasteiger partial charge in [-0.15, -0.1) is 0 Å². The Hall–Kier alpha value is -1.60. The molecule has 0 spiro atoms. The third kappa shape index (κ3) is 4.21. The molecule has 0 saturated carbocycles. The highest BCUT2D eigenvalue weighted by Gasteiger charge is 2.27. The number of allylic oxidation sites excluding steroid dienone is 1. The van der Waals surface area contributed by atoms with E-state index in [-0.39, 0.29) is 29.8 Å². The zero-order valence-electron chi connectivity index (χ0n) is 12.0. The van der Waals surface area contributed by atoms with Crippen LogP contribution in [-0.4, -0.2) is 42.7 Å². The average molecular weight is 284 g/mol. The van der Waals surface area contributed by atoms with Crippen molar-refractivity contribution in [1.29, 1.82) is 5.41 Å². The van der Waals surface area contributed by atoms with E-state index < -0.39 is 12.1 Å². The van der Waals surface area contributed by atoms with E-state index in [1.54, 1.807) is 7.05 Å². The predicted molar refractivity (Wildman–Crippen MR) is 76.0 cm³/mol. The van der Waals surface area contributed by atoms with Gasteiger partial charge in [-0.3, -0.25) is 4.79 Å². The number of hydrogen-bond donors (Lipinski definition) is 5. The van der Waals surface area contributed by atoms with Gasteiger partial charge in [-0.25, -0.2) is 0 Å². The summed E-state index contributed by atoms with van der Waals surface area (Å²) in [7, 11) is 1.59. The number of amides is 1. The molecule has 1 amide bonds. The Morgan fingerprint density at radius 3 is 2.70 bits per heavy atom. The van der Waals surface area contributed by atoms with E-state index >= 15 is 0 Å². The van der Waals surface area contributed by atoms with E-state index in [1.165, 1.54) is 0 Å². The number of hydrogen-bond acceptors (Lipinski definition) is 6. The maximum atomic E-state index is 12.1. The molecule has 0 aromatic rings. The summed E-state index contributed by atoms with van der Waals surface area (Å²) >= 11 is 0. The summed E-state index contributed by atoms with van der Waals surface area (Å²) in [6.45, 7) is 1.90. The van der Waals surface area contributed by atoms with Crippen LogP contribution in [0.4, 0.5) is 0 Å². The molecular formula is C13H24N4O3. The van der Waals surface area contributed by atoms with Gasteiger partial charge in [0.15, 0.2) is 0 Å². The van der Waals surface area contributed by atoms with Gasteiger partial charge in [0, 0.05) is 7.05 Å². The van der Waals surface area contributed by atoms with Crippen LogP contribution in [0.1, 0.15) is 32.6 Å². The smallest absolute Gasteiger partial charge is 0.271 e. The highest BCUT2D eigenvalue weighted by atomic mass is 16.5. The van der Waals surface area contributed by atoms with Crippen molar-refractivity contribution in [1.82, 2.24) is 10.6 Å². The Morgan fingerprint density at radius 2 is 2.20 bits per heavy atom. The van der Waals surface area contributed by atoms with Crippen LogP contribution in [0.5, 0.6) is 0 Å². The molecule has 20 heavy (non-hydrogen) atoms. The average Bonchev–Trinajstić information content (AvgIpc) is 2.87. The highest BCUT2D eigenvalue weighted by molar-refractivity contribution is 6.05. The minimum absolute atomic E-state index is 0.0512. The zero-order valence-corrected chi connectivity index (χ0v) is 12.0. The SMILES string of the molecule is CCCC(=N)/C(N)=C(\NC)C(=O)NC1CCC(CO)O1. The number of aliphatic hydroxyl groups excluding tert-OH is 1. The largest absolute Gasteiger partial charge is 0.395 e. The van der Waals surface area contributed by atoms with E-state index in [2.05, 4.69) is 10.6 Å². The summed E-state index contributed by atoms with van der Waals surface area (Å²) in [6, 6.07) is 0. The first kappa shape index (κ1) is 16.5. The van der Waals surface area contributed by atoms with Crippen LogP contribution in [0.25, 0.3) is 0 Å². The number of nitrogens with two attached hydrogens (primary N) is 1. The van der Waals surface area contributed by atoms with E-state index in [1.807, 2.05) is 6.92 Å². The van der Waals surface area contributed by atoms with Gasteiger partial charge in [-0.2, -0.15) is 0 Å². The minimum atomic E-state index is -0.420. The molecule has 0 bridgehead atoms. The summed E-state index contributed by atoms with van der Waals surface area (Å²) in [4.78, 5) is 12.1. The first-order chi connectivity index (χ1) is 9.53. The van der Waals surface area contributed by atoms with Crippen molar-refractivity contribution < 1.29 is 14.6 Å². The number of carbonyl (C=O) groups is 1. The van der Waals surface area contributed by atoms with Gasteiger partial charge >= 0.3 is 0 Å². The Morgan fingerprint density at radius 1 is 1.50 bits per heavy atom. The number of nitrogens with one attached hydrogen (secondary N) is 3. The first-order valence-electron chi connectivity index (χ1n) is 6.85. The van der Waals surface area contributed by atoms with Crippen LogP contribution < -0.4 is 16.4 Å². The Labute approximate surface area is 119 Å². The van der Waals surface area contributed by atoms with Crippen LogP contribution >= 0.6 is 0 Å². The number of aliphatic hydroxyl groups is 1. The van der Waals surface area contributed by atoms with Crippen LogP contribution in [0.3, 0.4) is 0 Å². The molecule has 2 atom stereocenters. The van der Waals surface area contributed by atoms with Crippen LogP contribution in [0, 0.1) is 5.41 Å². The Bertz CT molecular complexity index is 395. The standard InChI is InChI=1S/C13H24N4O3/c1-3-4-9(14)11(15)12(16-2)13(19)17-10-6-5-8(7-18)20-10/h8,10,14,16,18H,3-7,15H2,1-2H3,(H,17,19)/b12-11+,14-9?. The lowest BCUT2D eigenvalue weighted by atomic mass is 10.1. The van der Waals surface area contributed by atoms with Crippen molar-refractivity contribution in [2.24, 2.45) is 5.73 Å². The van der Waals surface area contributed by atoms with E-state index in [4.69, 9.17) is 21.0 Å². The second-order valence-corrected chi connectivity index (χ2v) is 4.75. The molecule has 1 saturated heterocycles. The van der Waals surface area contributed by atoms with Crippen LogP contribution in [0.2, 0.25) is 0 Å². The summed E-state index contributed by atoms with van der Waals surface area (Å²) in [5.74, 6) is -0.394. The minimum Gasteiger partial charge on any atom is -0.395 e. The van der Waals surface area contributed by atoms with Crippen LogP contribution in [0.15, 0.2) is 11.4 Å². The second kappa shape index (κ2) is 7.86. The van der Waals surface area contributed by atoms with Crippen molar-refractivity contribution in [3.05, 3.63) is 11.4 Å². The third-order valence-electron chi connectivity index (χ3n) is 3.17. The first-order valence-corrected chi connectivity index (χ1v) is 6.85. The fourth-order valence-electron chi connectivity index (χ4n) is 2.07. The monoisotopic (exact) mass is 284 g/mol. The fraction of sp³-hybridized carbons (Fsp3) is 0.692. The molecule has 6 N–H and O–H groups in total. The van der Waals surface area contributed by atoms with Crippen molar-refractivity contribution in [2.45, 2.75) is 44.9 Å². The Balaban J connectivity index is 2.68. The maximum Gasteiger partial charge on any atom is 0.271 e. The second-order valence-electron chi connectivity index (χ2n) is 4.75. The highest BCUT2D eigenvalue weighted by Crippen LogP contribution is 2.17. The summed E-state index contributed by atoms with van der Waals surface area (Å²) in [6.07, 6.45) is 2.04. The molecule has 0 radical (unpaired) electrons. The van der Waals surface area contributed by atoms with Crippen molar-refractivity contribution in [3.63, 3.8) is 0 Å². The molecule has 1 fully saturated rings. The lowest BCUT2D eigenvalue weighted by Crippen LogP contribution is -2.40. The molecule has 0 aromatic carbocycles. The van der Waals surface area contributed by atoms with Gasteiger partial charge in [0.25, 0.3) is 5.91 Å². The predicted octanol–water partition coefficient (Wildman–Crippen LogP) is -0.190. The van der Waals surface area contributed by atoms with E-state index in [0.29, 0.717) is 19.3 Å². The molecule has 114 valence electrons. The lowest BCUT2D eigenvalue weighted by molar-refractivity contribution is -0.122. The van der Waals surface area contributed by atoms with Gasteiger partial charge in [-0.05, 0) is 19.3 Å². The third-order valence-corrected chi connectivity index (χ3v) is 3.17. The molecule has 7 heteroatoms. The summed E-state index contributed by atoms with van der Waals surface area (Å²) < 4.78 is 5.44. The molecule has 1 rings (SSSR count). The van der Waals surface area contributed by atoms with E-state index in [9.17, 15) is 4.79 Å².